The molecule has 0 aromatic rings. The molecule has 0 aromatic carbocycles. The Kier molecular flexibility index (Phi) is 7.63. The Morgan fingerprint density at radius 3 is 2.65 bits per heavy atom. The molecule has 2 fully saturated rings. The first kappa shape index (κ1) is 24.7. The van der Waals surface area contributed by atoms with Gasteiger partial charge in [0.05, 0.1) is 5.70 Å². The zero-order valence-electron chi connectivity index (χ0n) is 21.4. The third-order valence-corrected chi connectivity index (χ3v) is 10.4. The molecule has 1 saturated heterocycles. The molecule has 1 atom stereocenters. The van der Waals surface area contributed by atoms with Gasteiger partial charge in [-0.15, -0.1) is 0 Å². The van der Waals surface area contributed by atoms with Crippen LogP contribution in [0.5, 0.6) is 0 Å². The van der Waals surface area contributed by atoms with E-state index in [1.165, 1.54) is 78.7 Å². The lowest BCUT2D eigenvalue weighted by molar-refractivity contribution is 0.0641. The molecule has 34 heavy (non-hydrogen) atoms. The maximum Gasteiger partial charge on any atom is 0.0711 e. The van der Waals surface area contributed by atoms with Gasteiger partial charge < -0.3 is 4.74 Å². The fourth-order valence-electron chi connectivity index (χ4n) is 6.35. The first-order chi connectivity index (χ1) is 16.5. The number of hydrogen-bond acceptors (Lipinski definition) is 3. The molecule has 3 aliphatic heterocycles. The van der Waals surface area contributed by atoms with Crippen molar-refractivity contribution in [2.75, 3.05) is 13.2 Å². The van der Waals surface area contributed by atoms with E-state index in [1.807, 2.05) is 11.8 Å². The van der Waals surface area contributed by atoms with Gasteiger partial charge >= 0.3 is 0 Å². The van der Waals surface area contributed by atoms with Crippen molar-refractivity contribution in [3.8, 4) is 0 Å². The van der Waals surface area contributed by atoms with Crippen molar-refractivity contribution in [3.05, 3.63) is 54.5 Å². The van der Waals surface area contributed by atoms with Crippen molar-refractivity contribution >= 4 is 29.1 Å². The van der Waals surface area contributed by atoms with Crippen LogP contribution in [0.4, 0.5) is 0 Å². The van der Waals surface area contributed by atoms with Crippen molar-refractivity contribution in [1.82, 2.24) is 0 Å². The third kappa shape index (κ3) is 4.95. The number of ether oxygens (including phenoxy) is 1. The minimum atomic E-state index is 0.479. The summed E-state index contributed by atoms with van der Waals surface area (Å²) in [6, 6.07) is 0. The van der Waals surface area contributed by atoms with E-state index < -0.39 is 0 Å². The molecule has 2 aliphatic carbocycles. The second kappa shape index (κ2) is 10.5. The molecule has 1 saturated carbocycles. The van der Waals surface area contributed by atoms with Crippen molar-refractivity contribution in [2.45, 2.75) is 91.9 Å². The van der Waals surface area contributed by atoms with Crippen LogP contribution in [0, 0.1) is 17.8 Å². The van der Waals surface area contributed by atoms with Crippen LogP contribution in [-0.4, -0.2) is 18.9 Å². The largest absolute Gasteiger partial charge is 0.381 e. The van der Waals surface area contributed by atoms with Crippen molar-refractivity contribution in [2.24, 2.45) is 22.7 Å². The molecule has 0 aromatic heterocycles. The number of fused-ring (bicyclic) bond motifs is 1. The summed E-state index contributed by atoms with van der Waals surface area (Å²) in [4.78, 5) is 8.17. The van der Waals surface area contributed by atoms with E-state index in [0.717, 1.165) is 42.7 Å². The predicted molar refractivity (Wildman–Crippen MR) is 147 cm³/mol. The number of rotatable bonds is 7. The van der Waals surface area contributed by atoms with E-state index in [9.17, 15) is 0 Å². The summed E-state index contributed by atoms with van der Waals surface area (Å²) in [5.41, 5.74) is 9.94. The molecule has 4 heteroatoms. The molecular formula is C30H40ClNOS. The fourth-order valence-corrected chi connectivity index (χ4v) is 8.21. The van der Waals surface area contributed by atoms with Gasteiger partial charge in [-0.05, 0) is 106 Å². The van der Waals surface area contributed by atoms with Gasteiger partial charge in [-0.25, -0.2) is 0 Å². The van der Waals surface area contributed by atoms with Crippen molar-refractivity contribution < 1.29 is 4.74 Å². The number of aliphatic imine (C=N–C) groups is 1. The van der Waals surface area contributed by atoms with E-state index in [2.05, 4.69) is 33.8 Å². The summed E-state index contributed by atoms with van der Waals surface area (Å²) in [7, 11) is 0. The molecule has 5 rings (SSSR count). The second-order valence-corrected chi connectivity index (χ2v) is 12.4. The zero-order chi connectivity index (χ0) is 23.8. The maximum absolute atomic E-state index is 7.07. The molecule has 0 amide bonds. The maximum atomic E-state index is 7.07. The molecular weight excluding hydrogens is 458 g/mol. The lowest BCUT2D eigenvalue weighted by Crippen LogP contribution is -2.15. The molecule has 5 aliphatic rings. The quantitative estimate of drug-likeness (QED) is 0.349. The molecule has 184 valence electrons. The summed E-state index contributed by atoms with van der Waals surface area (Å²) in [5, 5.41) is 1.08. The highest BCUT2D eigenvalue weighted by Gasteiger charge is 2.43. The van der Waals surface area contributed by atoms with Crippen molar-refractivity contribution in [3.63, 3.8) is 0 Å². The molecule has 0 radical (unpaired) electrons. The monoisotopic (exact) mass is 497 g/mol. The smallest absolute Gasteiger partial charge is 0.0711 e. The molecule has 2 nitrogen and oxygen atoms in total. The van der Waals surface area contributed by atoms with Crippen LogP contribution in [0.3, 0.4) is 0 Å². The van der Waals surface area contributed by atoms with Crippen LogP contribution >= 0.6 is 23.4 Å². The van der Waals surface area contributed by atoms with Crippen LogP contribution in [0.25, 0.3) is 0 Å². The lowest BCUT2D eigenvalue weighted by atomic mass is 9.87. The minimum absolute atomic E-state index is 0.479. The summed E-state index contributed by atoms with van der Waals surface area (Å²) in [5.74, 6) is 1.98. The first-order valence-electron chi connectivity index (χ1n) is 13.6. The minimum Gasteiger partial charge on any atom is -0.381 e. The Morgan fingerprint density at radius 2 is 1.91 bits per heavy atom. The average molecular weight is 498 g/mol. The van der Waals surface area contributed by atoms with E-state index in [1.54, 1.807) is 16.1 Å². The van der Waals surface area contributed by atoms with Gasteiger partial charge in [0.15, 0.2) is 0 Å². The highest BCUT2D eigenvalue weighted by Crippen LogP contribution is 2.61. The fraction of sp³-hybridized carbons (Fsp3) is 0.633. The number of nitrogens with zero attached hydrogens (tertiary/aromatic N) is 1. The SMILES string of the molecule is CCC(CC)C1=CC(C)=NC2=C(CC1)CC(C)=C2C1=C(Cl)C2CC2=C(CCC2CCOCC2)S1. The third-order valence-electron chi connectivity index (χ3n) is 8.52. The number of thioether (sulfide) groups is 1. The van der Waals surface area contributed by atoms with E-state index in [-0.39, 0.29) is 0 Å². The van der Waals surface area contributed by atoms with Gasteiger partial charge in [-0.3, -0.25) is 4.99 Å². The van der Waals surface area contributed by atoms with Crippen LogP contribution < -0.4 is 0 Å². The Morgan fingerprint density at radius 1 is 1.15 bits per heavy atom. The van der Waals surface area contributed by atoms with Crippen LogP contribution in [-0.2, 0) is 4.74 Å². The Bertz CT molecular complexity index is 1030. The predicted octanol–water partition coefficient (Wildman–Crippen LogP) is 9.26. The molecule has 0 N–H and O–H groups in total. The number of allylic oxidation sites excluding steroid dienone is 8. The normalized spacial score (nSPS) is 26.0. The van der Waals surface area contributed by atoms with E-state index in [0.29, 0.717) is 11.8 Å². The van der Waals surface area contributed by atoms with Crippen molar-refractivity contribution in [1.29, 1.82) is 0 Å². The number of halogens is 1. The van der Waals surface area contributed by atoms with Gasteiger partial charge in [0.2, 0.25) is 0 Å². The number of hydrogen-bond donors (Lipinski definition) is 0. The summed E-state index contributed by atoms with van der Waals surface area (Å²) < 4.78 is 5.57. The van der Waals surface area contributed by atoms with Gasteiger partial charge in [-0.1, -0.05) is 53.9 Å². The van der Waals surface area contributed by atoms with Gasteiger partial charge in [0.25, 0.3) is 0 Å². The van der Waals surface area contributed by atoms with Crippen LogP contribution in [0.2, 0.25) is 0 Å². The highest BCUT2D eigenvalue weighted by molar-refractivity contribution is 8.07. The van der Waals surface area contributed by atoms with Crippen LogP contribution in [0.15, 0.2) is 59.5 Å². The summed E-state index contributed by atoms with van der Waals surface area (Å²) in [6.45, 7) is 11.0. The van der Waals surface area contributed by atoms with E-state index in [4.69, 9.17) is 21.3 Å². The van der Waals surface area contributed by atoms with Gasteiger partial charge in [-0.2, -0.15) is 0 Å². The highest BCUT2D eigenvalue weighted by atomic mass is 35.5. The summed E-state index contributed by atoms with van der Waals surface area (Å²) >= 11 is 9.05. The lowest BCUT2D eigenvalue weighted by Gasteiger charge is -2.24. The topological polar surface area (TPSA) is 21.6 Å². The molecule has 1 unspecified atom stereocenters. The molecule has 3 heterocycles. The van der Waals surface area contributed by atoms with Gasteiger partial charge in [0, 0.05) is 40.4 Å². The standard InChI is InChI=1S/C30H40ClNOS/c1-5-21(6-2)22-8-9-23-15-18(3)27(29(23)32-19(4)16-22)30-28(31)25-17-24(25)26(34-30)10-7-20-11-13-33-14-12-20/h16,20-21,25H,5-15,17H2,1-4H3. The molecule has 0 bridgehead atoms. The first-order valence-corrected chi connectivity index (χ1v) is 14.7. The zero-order valence-corrected chi connectivity index (χ0v) is 23.0. The molecule has 0 spiro atoms. The average Bonchev–Trinajstić information content (AvgIpc) is 3.58. The Labute approximate surface area is 215 Å². The van der Waals surface area contributed by atoms with Crippen LogP contribution in [0.1, 0.15) is 91.9 Å². The Balaban J connectivity index is 1.38. The summed E-state index contributed by atoms with van der Waals surface area (Å²) in [6.07, 6.45) is 14.3. The van der Waals surface area contributed by atoms with E-state index >= 15 is 0 Å². The second-order valence-electron chi connectivity index (χ2n) is 10.8. The van der Waals surface area contributed by atoms with Gasteiger partial charge in [0.1, 0.15) is 0 Å². The Hall–Kier alpha value is -1.03.